The van der Waals surface area contributed by atoms with Crippen LogP contribution < -0.4 is 10.6 Å². The van der Waals surface area contributed by atoms with Gasteiger partial charge in [-0.25, -0.2) is 13.8 Å². The quantitative estimate of drug-likeness (QED) is 0.0527. The van der Waals surface area contributed by atoms with Crippen LogP contribution in [0.2, 0.25) is 0 Å². The number of alkyl halides is 8. The van der Waals surface area contributed by atoms with Crippen LogP contribution in [0.3, 0.4) is 0 Å². The van der Waals surface area contributed by atoms with E-state index in [0.29, 0.717) is 35.3 Å². The van der Waals surface area contributed by atoms with E-state index in [4.69, 9.17) is 17.5 Å². The van der Waals surface area contributed by atoms with Crippen LogP contribution in [0.1, 0.15) is 59.3 Å². The van der Waals surface area contributed by atoms with Crippen LogP contribution in [0.4, 0.5) is 46.5 Å². The Kier molecular flexibility index (Phi) is 12.8. The van der Waals surface area contributed by atoms with Crippen molar-refractivity contribution < 1.29 is 35.1 Å². The summed E-state index contributed by atoms with van der Waals surface area (Å²) >= 11 is 5.33. The van der Waals surface area contributed by atoms with E-state index in [1.807, 2.05) is 30.9 Å². The standard InChI is InChI=1S/C20H19F4N5.C19H19F4N3S/c1-14-3-2-10-26-17(14)19(21)8-11-29(12-9-19)18(27-13-25)28-16-6-4-15(5-7-16)20(22,23)24;1-13-3-2-10-24-16(13)18(20)8-11-26(12-9-18)17(27)25-15-6-4-14(5-7-15)19(21,22)23/h2-7,10H,8-9,11-12H2,1H3,(H,27,28);2-7,10H,8-9,11-12H2,1H3,(H,25,27). The lowest BCUT2D eigenvalue weighted by Gasteiger charge is -2.37. The number of nitrogens with one attached hydrogen (secondary N) is 2. The van der Waals surface area contributed by atoms with E-state index < -0.39 is 34.8 Å². The summed E-state index contributed by atoms with van der Waals surface area (Å²) in [6.07, 6.45) is -3.07. The van der Waals surface area contributed by atoms with Crippen molar-refractivity contribution in [2.45, 2.75) is 63.2 Å². The van der Waals surface area contributed by atoms with E-state index in [1.54, 1.807) is 35.6 Å². The molecule has 2 aliphatic heterocycles. The van der Waals surface area contributed by atoms with Crippen molar-refractivity contribution in [2.75, 3.05) is 31.5 Å². The van der Waals surface area contributed by atoms with Crippen molar-refractivity contribution in [1.29, 1.82) is 5.26 Å². The van der Waals surface area contributed by atoms with Crippen molar-refractivity contribution in [3.8, 4) is 6.19 Å². The van der Waals surface area contributed by atoms with Crippen LogP contribution in [0.5, 0.6) is 0 Å². The van der Waals surface area contributed by atoms with E-state index in [2.05, 4.69) is 25.6 Å². The smallest absolute Gasteiger partial charge is 0.349 e. The first-order valence-electron chi connectivity index (χ1n) is 17.5. The minimum atomic E-state index is -4.43. The van der Waals surface area contributed by atoms with Gasteiger partial charge in [-0.2, -0.15) is 31.6 Å². The highest BCUT2D eigenvalue weighted by molar-refractivity contribution is 7.80. The highest BCUT2D eigenvalue weighted by atomic mass is 32.1. The summed E-state index contributed by atoms with van der Waals surface area (Å²) in [5.41, 5.74) is -1.38. The first-order valence-corrected chi connectivity index (χ1v) is 17.9. The lowest BCUT2D eigenvalue weighted by molar-refractivity contribution is -0.138. The van der Waals surface area contributed by atoms with Gasteiger partial charge in [0.15, 0.2) is 22.6 Å². The Balaban J connectivity index is 0.000000215. The molecule has 0 aliphatic carbocycles. The average Bonchev–Trinajstić information content (AvgIpc) is 3.15. The van der Waals surface area contributed by atoms with E-state index in [-0.39, 0.29) is 50.4 Å². The van der Waals surface area contributed by atoms with E-state index in [1.165, 1.54) is 24.3 Å². The van der Waals surface area contributed by atoms with Crippen LogP contribution in [0.25, 0.3) is 0 Å². The molecule has 56 heavy (non-hydrogen) atoms. The summed E-state index contributed by atoms with van der Waals surface area (Å²) in [6, 6.07) is 16.1. The largest absolute Gasteiger partial charge is 0.416 e. The molecule has 296 valence electrons. The third kappa shape index (κ3) is 10.3. The molecule has 0 saturated carbocycles. The molecule has 0 radical (unpaired) electrons. The second kappa shape index (κ2) is 17.2. The van der Waals surface area contributed by atoms with Gasteiger partial charge in [0, 0.05) is 69.9 Å². The molecule has 2 aliphatic rings. The number of rotatable bonds is 4. The summed E-state index contributed by atoms with van der Waals surface area (Å²) in [4.78, 5) is 16.2. The number of halogens is 8. The van der Waals surface area contributed by atoms with Gasteiger partial charge in [-0.3, -0.25) is 15.3 Å². The number of pyridine rings is 2. The fraction of sp³-hybridized carbons (Fsp3) is 0.359. The summed E-state index contributed by atoms with van der Waals surface area (Å²) in [5.74, 6) is 0.173. The molecule has 4 aromatic rings. The van der Waals surface area contributed by atoms with Crippen LogP contribution in [0, 0.1) is 25.3 Å². The van der Waals surface area contributed by atoms with Gasteiger partial charge < -0.3 is 15.1 Å². The predicted octanol–water partition coefficient (Wildman–Crippen LogP) is 9.49. The number of nitriles is 1. The molecule has 6 rings (SSSR count). The lowest BCUT2D eigenvalue weighted by Crippen LogP contribution is -2.47. The second-order valence-corrected chi connectivity index (χ2v) is 13.9. The zero-order chi connectivity index (χ0) is 40.7. The molecule has 4 heterocycles. The van der Waals surface area contributed by atoms with Gasteiger partial charge >= 0.3 is 12.4 Å². The van der Waals surface area contributed by atoms with Crippen LogP contribution in [-0.2, 0) is 23.7 Å². The molecule has 2 saturated heterocycles. The highest BCUT2D eigenvalue weighted by Gasteiger charge is 2.40. The van der Waals surface area contributed by atoms with Crippen molar-refractivity contribution in [1.82, 2.24) is 25.1 Å². The molecule has 0 spiro atoms. The predicted molar refractivity (Wildman–Crippen MR) is 200 cm³/mol. The molecule has 2 N–H and O–H groups in total. The number of hydrogen-bond acceptors (Lipinski definition) is 5. The molecule has 0 amide bonds. The van der Waals surface area contributed by atoms with Gasteiger partial charge in [-0.1, -0.05) is 12.1 Å². The third-order valence-corrected chi connectivity index (χ3v) is 9.99. The van der Waals surface area contributed by atoms with Gasteiger partial charge in [-0.05, 0) is 97.9 Å². The topological polar surface area (TPSA) is 92.5 Å². The maximum Gasteiger partial charge on any atom is 0.416 e. The maximum absolute atomic E-state index is 15.5. The minimum absolute atomic E-state index is 0.157. The lowest BCUT2D eigenvalue weighted by atomic mass is 9.87. The van der Waals surface area contributed by atoms with Crippen molar-refractivity contribution in [2.24, 2.45) is 4.99 Å². The number of thiocarbonyl (C=S) groups is 1. The molecule has 2 fully saturated rings. The number of aryl methyl sites for hydroxylation is 2. The Morgan fingerprint density at radius 1 is 0.714 bits per heavy atom. The van der Waals surface area contributed by atoms with E-state index in [0.717, 1.165) is 35.4 Å². The zero-order valence-corrected chi connectivity index (χ0v) is 31.2. The first-order chi connectivity index (χ1) is 26.4. The number of aliphatic imine (C=N–C) groups is 1. The first kappa shape index (κ1) is 41.8. The summed E-state index contributed by atoms with van der Waals surface area (Å²) in [5, 5.41) is 14.7. The van der Waals surface area contributed by atoms with Crippen molar-refractivity contribution >= 4 is 34.7 Å². The van der Waals surface area contributed by atoms with Crippen LogP contribution in [-0.4, -0.2) is 57.0 Å². The van der Waals surface area contributed by atoms with Gasteiger partial charge in [-0.15, -0.1) is 0 Å². The van der Waals surface area contributed by atoms with Crippen molar-refractivity contribution in [3.63, 3.8) is 0 Å². The Morgan fingerprint density at radius 2 is 1.14 bits per heavy atom. The molecular weight excluding hydrogens is 765 g/mol. The molecule has 2 aromatic carbocycles. The Morgan fingerprint density at radius 3 is 1.55 bits per heavy atom. The van der Waals surface area contributed by atoms with Gasteiger partial charge in [0.1, 0.15) is 0 Å². The van der Waals surface area contributed by atoms with Gasteiger partial charge in [0.2, 0.25) is 5.96 Å². The fourth-order valence-corrected chi connectivity index (χ4v) is 6.84. The number of aromatic nitrogens is 2. The molecule has 17 heteroatoms. The summed E-state index contributed by atoms with van der Waals surface area (Å²) in [7, 11) is 0. The monoisotopic (exact) mass is 802 g/mol. The second-order valence-electron chi connectivity index (χ2n) is 13.5. The van der Waals surface area contributed by atoms with Gasteiger partial charge in [0.05, 0.1) is 28.2 Å². The zero-order valence-electron chi connectivity index (χ0n) is 30.4. The van der Waals surface area contributed by atoms with Crippen LogP contribution >= 0.6 is 12.2 Å². The molecule has 2 aromatic heterocycles. The molecule has 0 atom stereocenters. The summed E-state index contributed by atoms with van der Waals surface area (Å²) in [6.45, 7) is 5.01. The Bertz CT molecular complexity index is 2030. The number of piperidine rings is 2. The number of anilines is 1. The fourth-order valence-electron chi connectivity index (χ4n) is 6.54. The molecule has 0 bridgehead atoms. The van der Waals surface area contributed by atoms with Crippen LogP contribution in [0.15, 0.2) is 90.2 Å². The van der Waals surface area contributed by atoms with E-state index in [9.17, 15) is 26.3 Å². The Hall–Kier alpha value is -5.37. The number of benzene rings is 2. The normalized spacial score (nSPS) is 16.9. The number of hydrogen-bond donors (Lipinski definition) is 2. The third-order valence-electron chi connectivity index (χ3n) is 9.63. The molecular formula is C39H38F8N8S. The maximum atomic E-state index is 15.5. The number of nitrogens with zero attached hydrogens (tertiary/aromatic N) is 6. The average molecular weight is 803 g/mol. The highest BCUT2D eigenvalue weighted by Crippen LogP contribution is 2.39. The number of guanidine groups is 1. The summed E-state index contributed by atoms with van der Waals surface area (Å²) < 4.78 is 107. The molecule has 0 unspecified atom stereocenters. The minimum Gasteiger partial charge on any atom is -0.349 e. The number of likely N-dealkylation sites (tertiary alicyclic amines) is 2. The Labute approximate surface area is 324 Å². The van der Waals surface area contributed by atoms with Crippen molar-refractivity contribution in [3.05, 3.63) is 119 Å². The molecule has 8 nitrogen and oxygen atoms in total. The van der Waals surface area contributed by atoms with Gasteiger partial charge in [0.25, 0.3) is 0 Å². The SMILES string of the molecule is Cc1cccnc1C1(F)CCN(C(=Nc2ccc(C(F)(F)F)cc2)NC#N)CC1.Cc1cccnc1C1(F)CCN(C(=S)Nc2ccc(C(F)(F)F)cc2)CC1. The van der Waals surface area contributed by atoms with E-state index >= 15 is 8.78 Å².